The second kappa shape index (κ2) is 7.11. The summed E-state index contributed by atoms with van der Waals surface area (Å²) >= 11 is 1.60. The Morgan fingerprint density at radius 2 is 2.18 bits per heavy atom. The molecule has 1 unspecified atom stereocenters. The molecular formula is C10H10BrN3O2S. The number of benzene rings is 1. The lowest BCUT2D eigenvalue weighted by molar-refractivity contribution is 0.564. The van der Waals surface area contributed by atoms with Crippen LogP contribution < -0.4 is 4.18 Å². The minimum Gasteiger partial charge on any atom is -0.400 e. The van der Waals surface area contributed by atoms with E-state index >= 15 is 0 Å². The molecule has 5 nitrogen and oxygen atoms in total. The van der Waals surface area contributed by atoms with Gasteiger partial charge in [0.15, 0.2) is 0 Å². The highest BCUT2D eigenvalue weighted by atomic mass is 79.9. The van der Waals surface area contributed by atoms with Gasteiger partial charge in [0.25, 0.3) is 0 Å². The maximum Gasteiger partial charge on any atom is 0.210 e. The first-order valence-electron chi connectivity index (χ1n) is 4.65. The summed E-state index contributed by atoms with van der Waals surface area (Å²) in [6.07, 6.45) is 0. The topological polar surface area (TPSA) is 75.1 Å². The molecule has 0 amide bonds. The average molecular weight is 316 g/mol. The van der Waals surface area contributed by atoms with Gasteiger partial charge in [-0.15, -0.1) is 0 Å². The van der Waals surface area contributed by atoms with Gasteiger partial charge in [-0.05, 0) is 29.1 Å². The summed E-state index contributed by atoms with van der Waals surface area (Å²) in [7, 11) is 0. The molecule has 1 aromatic rings. The fourth-order valence-electron chi connectivity index (χ4n) is 0.976. The SMILES string of the molecule is C/C(Br)=C(/CS(=O)Oc1ccccc1)N=[N+]=[N-]. The number of halogens is 1. The van der Waals surface area contributed by atoms with Crippen molar-refractivity contribution >= 4 is 27.0 Å². The van der Waals surface area contributed by atoms with Crippen LogP contribution in [0.2, 0.25) is 0 Å². The van der Waals surface area contributed by atoms with Gasteiger partial charge in [0, 0.05) is 10.6 Å². The van der Waals surface area contributed by atoms with Crippen LogP contribution in [0.1, 0.15) is 6.92 Å². The molecule has 0 fully saturated rings. The summed E-state index contributed by atoms with van der Waals surface area (Å²) in [5, 5.41) is 3.45. The Labute approximate surface area is 110 Å². The lowest BCUT2D eigenvalue weighted by atomic mass is 10.3. The molecule has 0 saturated heterocycles. The molecule has 0 saturated carbocycles. The number of hydrogen-bond donors (Lipinski definition) is 0. The summed E-state index contributed by atoms with van der Waals surface area (Å²) in [5.74, 6) is 0.550. The van der Waals surface area contributed by atoms with E-state index in [0.717, 1.165) is 0 Å². The predicted molar refractivity (Wildman–Crippen MR) is 70.9 cm³/mol. The van der Waals surface area contributed by atoms with Crippen LogP contribution in [-0.2, 0) is 11.1 Å². The van der Waals surface area contributed by atoms with E-state index in [9.17, 15) is 4.21 Å². The summed E-state index contributed by atoms with van der Waals surface area (Å²) in [5.41, 5.74) is 8.71. The minimum atomic E-state index is -1.58. The molecule has 0 aliphatic rings. The van der Waals surface area contributed by atoms with Gasteiger partial charge in [-0.2, -0.15) is 0 Å². The average Bonchev–Trinajstić information content (AvgIpc) is 2.29. The zero-order valence-corrected chi connectivity index (χ0v) is 11.4. The largest absolute Gasteiger partial charge is 0.400 e. The molecule has 0 aromatic heterocycles. The smallest absolute Gasteiger partial charge is 0.210 e. The monoisotopic (exact) mass is 315 g/mol. The molecule has 17 heavy (non-hydrogen) atoms. The first-order valence-corrected chi connectivity index (χ1v) is 6.69. The van der Waals surface area contributed by atoms with Crippen LogP contribution in [0, 0.1) is 0 Å². The van der Waals surface area contributed by atoms with Crippen molar-refractivity contribution in [1.29, 1.82) is 0 Å². The van der Waals surface area contributed by atoms with Crippen molar-refractivity contribution in [3.63, 3.8) is 0 Å². The standard InChI is InChI=1S/C10H10BrN3O2S/c1-8(11)10(13-14-12)7-17(15)16-9-5-3-2-4-6-9/h2-6H,7H2,1H3/b10-8+. The Morgan fingerprint density at radius 1 is 1.53 bits per heavy atom. The third kappa shape index (κ3) is 5.04. The van der Waals surface area contributed by atoms with Crippen LogP contribution in [0.4, 0.5) is 0 Å². The van der Waals surface area contributed by atoms with Gasteiger partial charge < -0.3 is 4.18 Å². The van der Waals surface area contributed by atoms with Crippen molar-refractivity contribution < 1.29 is 8.39 Å². The Morgan fingerprint density at radius 3 is 2.71 bits per heavy atom. The quantitative estimate of drug-likeness (QED) is 0.472. The second-order valence-electron chi connectivity index (χ2n) is 3.01. The molecule has 90 valence electrons. The minimum absolute atomic E-state index is 0.0377. The molecule has 0 radical (unpaired) electrons. The number of nitrogens with zero attached hydrogens (tertiary/aromatic N) is 3. The summed E-state index contributed by atoms with van der Waals surface area (Å²) < 4.78 is 17.5. The van der Waals surface area contributed by atoms with Gasteiger partial charge >= 0.3 is 0 Å². The van der Waals surface area contributed by atoms with Crippen LogP contribution in [0.3, 0.4) is 0 Å². The third-order valence-corrected chi connectivity index (χ3v) is 3.10. The zero-order chi connectivity index (χ0) is 12.7. The number of para-hydroxylation sites is 1. The molecule has 1 atom stereocenters. The molecule has 0 heterocycles. The highest BCUT2D eigenvalue weighted by molar-refractivity contribution is 9.11. The van der Waals surface area contributed by atoms with E-state index in [1.807, 2.05) is 6.07 Å². The molecular weight excluding hydrogens is 306 g/mol. The molecule has 0 spiro atoms. The summed E-state index contributed by atoms with van der Waals surface area (Å²) in [6.45, 7) is 1.71. The van der Waals surface area contributed by atoms with Crippen molar-refractivity contribution in [1.82, 2.24) is 0 Å². The number of hydrogen-bond acceptors (Lipinski definition) is 3. The van der Waals surface area contributed by atoms with Crippen LogP contribution in [0.25, 0.3) is 10.4 Å². The number of allylic oxidation sites excluding steroid dienone is 1. The maximum atomic E-state index is 11.7. The van der Waals surface area contributed by atoms with Crippen LogP contribution in [0.15, 0.2) is 45.6 Å². The predicted octanol–water partition coefficient (Wildman–Crippen LogP) is 3.67. The zero-order valence-electron chi connectivity index (χ0n) is 9.04. The van der Waals surface area contributed by atoms with Gasteiger partial charge in [0.2, 0.25) is 11.1 Å². The fraction of sp³-hybridized carbons (Fsp3) is 0.200. The molecule has 1 rings (SSSR count). The van der Waals surface area contributed by atoms with Crippen molar-refractivity contribution in [3.8, 4) is 5.75 Å². The highest BCUT2D eigenvalue weighted by Crippen LogP contribution is 2.16. The van der Waals surface area contributed by atoms with E-state index < -0.39 is 11.1 Å². The van der Waals surface area contributed by atoms with Gasteiger partial charge in [0.1, 0.15) is 5.75 Å². The third-order valence-electron chi connectivity index (χ3n) is 1.75. The van der Waals surface area contributed by atoms with E-state index in [-0.39, 0.29) is 5.75 Å². The van der Waals surface area contributed by atoms with Crippen molar-refractivity contribution in [2.75, 3.05) is 5.75 Å². The molecule has 7 heteroatoms. The fourth-order valence-corrected chi connectivity index (χ4v) is 2.26. The van der Waals surface area contributed by atoms with E-state index in [1.54, 1.807) is 31.2 Å². The molecule has 0 aliphatic heterocycles. The molecule has 0 N–H and O–H groups in total. The van der Waals surface area contributed by atoms with Crippen molar-refractivity contribution in [3.05, 3.63) is 51.0 Å². The molecule has 0 aliphatic carbocycles. The Balaban J connectivity index is 2.67. The Bertz CT molecular complexity index is 480. The van der Waals surface area contributed by atoms with E-state index in [2.05, 4.69) is 26.0 Å². The molecule has 0 bridgehead atoms. The van der Waals surface area contributed by atoms with Crippen LogP contribution >= 0.6 is 15.9 Å². The lowest BCUT2D eigenvalue weighted by Gasteiger charge is -2.05. The Hall–Kier alpha value is -1.30. The number of azide groups is 1. The van der Waals surface area contributed by atoms with Crippen LogP contribution in [-0.4, -0.2) is 9.96 Å². The number of rotatable bonds is 5. The van der Waals surface area contributed by atoms with Gasteiger partial charge in [-0.1, -0.05) is 39.2 Å². The summed E-state index contributed by atoms with van der Waals surface area (Å²) in [6, 6.07) is 8.81. The van der Waals surface area contributed by atoms with Crippen LogP contribution in [0.5, 0.6) is 5.75 Å². The first-order chi connectivity index (χ1) is 8.13. The summed E-state index contributed by atoms with van der Waals surface area (Å²) in [4.78, 5) is 2.66. The van der Waals surface area contributed by atoms with E-state index in [0.29, 0.717) is 15.9 Å². The highest BCUT2D eigenvalue weighted by Gasteiger charge is 2.07. The van der Waals surface area contributed by atoms with Gasteiger partial charge in [-0.3, -0.25) is 0 Å². The lowest BCUT2D eigenvalue weighted by Crippen LogP contribution is -2.07. The molecule has 1 aromatic carbocycles. The maximum absolute atomic E-state index is 11.7. The van der Waals surface area contributed by atoms with Crippen molar-refractivity contribution in [2.45, 2.75) is 6.92 Å². The van der Waals surface area contributed by atoms with E-state index in [1.165, 1.54) is 0 Å². The normalized spacial score (nSPS) is 13.3. The second-order valence-corrected chi connectivity index (χ2v) is 5.27. The van der Waals surface area contributed by atoms with Crippen molar-refractivity contribution in [2.24, 2.45) is 5.11 Å². The Kier molecular flexibility index (Phi) is 5.76. The van der Waals surface area contributed by atoms with Gasteiger partial charge in [0.05, 0.1) is 5.75 Å². The first kappa shape index (κ1) is 13.8. The van der Waals surface area contributed by atoms with Gasteiger partial charge in [-0.25, -0.2) is 4.21 Å². The van der Waals surface area contributed by atoms with E-state index in [4.69, 9.17) is 9.71 Å².